The monoisotopic (exact) mass is 330 g/mol. The molecule has 6 nitrogen and oxygen atoms in total. The van der Waals surface area contributed by atoms with Crippen molar-refractivity contribution in [3.8, 4) is 0 Å². The number of sulfone groups is 1. The van der Waals surface area contributed by atoms with E-state index in [1.807, 2.05) is 0 Å². The van der Waals surface area contributed by atoms with Gasteiger partial charge in [0.1, 0.15) is 5.82 Å². The summed E-state index contributed by atoms with van der Waals surface area (Å²) in [5.41, 5.74) is 0. The SMILES string of the molecule is O=C(NCCS(=O)(=O)c1ccc(F)cc1)N1CC[C@H](CO)C1. The number of nitrogens with one attached hydrogen (secondary N) is 1. The lowest BCUT2D eigenvalue weighted by molar-refractivity contribution is 0.199. The van der Waals surface area contributed by atoms with E-state index in [2.05, 4.69) is 5.32 Å². The van der Waals surface area contributed by atoms with Gasteiger partial charge in [0.05, 0.1) is 10.6 Å². The Kier molecular flexibility index (Phi) is 5.36. The topological polar surface area (TPSA) is 86.7 Å². The fourth-order valence-electron chi connectivity index (χ4n) is 2.33. The van der Waals surface area contributed by atoms with Gasteiger partial charge in [0.15, 0.2) is 9.84 Å². The average Bonchev–Trinajstić information content (AvgIpc) is 2.96. The highest BCUT2D eigenvalue weighted by molar-refractivity contribution is 7.91. The maximum absolute atomic E-state index is 12.8. The second-order valence-electron chi connectivity index (χ2n) is 5.29. The number of hydrogen-bond acceptors (Lipinski definition) is 4. The minimum atomic E-state index is -3.55. The third kappa shape index (κ3) is 4.17. The van der Waals surface area contributed by atoms with Crippen LogP contribution in [-0.4, -0.2) is 56.4 Å². The molecule has 8 heteroatoms. The zero-order valence-electron chi connectivity index (χ0n) is 12.0. The molecule has 2 rings (SSSR count). The van der Waals surface area contributed by atoms with E-state index in [4.69, 9.17) is 5.11 Å². The number of nitrogens with zero attached hydrogens (tertiary/aromatic N) is 1. The molecule has 22 heavy (non-hydrogen) atoms. The molecule has 1 heterocycles. The summed E-state index contributed by atoms with van der Waals surface area (Å²) < 4.78 is 36.8. The fraction of sp³-hybridized carbons (Fsp3) is 0.500. The highest BCUT2D eigenvalue weighted by atomic mass is 32.2. The van der Waals surface area contributed by atoms with Gasteiger partial charge in [0, 0.05) is 32.2 Å². The normalized spacial score (nSPS) is 18.5. The number of amides is 2. The lowest BCUT2D eigenvalue weighted by Crippen LogP contribution is -2.40. The summed E-state index contributed by atoms with van der Waals surface area (Å²) in [5.74, 6) is -0.657. The molecule has 0 spiro atoms. The van der Waals surface area contributed by atoms with Gasteiger partial charge >= 0.3 is 6.03 Å². The molecule has 1 aliphatic rings. The molecular weight excluding hydrogens is 311 g/mol. The number of aliphatic hydroxyl groups excluding tert-OH is 1. The minimum absolute atomic E-state index is 0.0150. The Morgan fingerprint density at radius 1 is 1.36 bits per heavy atom. The number of carbonyl (C=O) groups is 1. The quantitative estimate of drug-likeness (QED) is 0.775. The van der Waals surface area contributed by atoms with Crippen molar-refractivity contribution < 1.29 is 22.7 Å². The van der Waals surface area contributed by atoms with E-state index < -0.39 is 15.7 Å². The predicted molar refractivity (Wildman–Crippen MR) is 78.6 cm³/mol. The standard InChI is InChI=1S/C14H19FN2O4S/c15-12-1-3-13(4-2-12)22(20,21)8-6-16-14(19)17-7-5-11(9-17)10-18/h1-4,11,18H,5-10H2,(H,16,19)/t11-/m0/s1. The van der Waals surface area contributed by atoms with Gasteiger partial charge in [-0.3, -0.25) is 0 Å². The number of carbonyl (C=O) groups excluding carboxylic acids is 1. The van der Waals surface area contributed by atoms with Crippen molar-refractivity contribution in [1.29, 1.82) is 0 Å². The van der Waals surface area contributed by atoms with Gasteiger partial charge in [0.25, 0.3) is 0 Å². The molecule has 2 N–H and O–H groups in total. The fourth-order valence-corrected chi connectivity index (χ4v) is 3.49. The summed E-state index contributed by atoms with van der Waals surface area (Å²) in [5, 5.41) is 11.6. The first-order chi connectivity index (χ1) is 10.4. The van der Waals surface area contributed by atoms with Crippen LogP contribution in [0.5, 0.6) is 0 Å². The van der Waals surface area contributed by atoms with Crippen molar-refractivity contribution in [1.82, 2.24) is 10.2 Å². The Labute approximate surface area is 128 Å². The smallest absolute Gasteiger partial charge is 0.317 e. The van der Waals surface area contributed by atoms with Crippen molar-refractivity contribution in [3.63, 3.8) is 0 Å². The van der Waals surface area contributed by atoms with Gasteiger partial charge in [-0.25, -0.2) is 17.6 Å². The lowest BCUT2D eigenvalue weighted by atomic mass is 10.1. The molecule has 0 bridgehead atoms. The predicted octanol–water partition coefficient (Wildman–Crippen LogP) is 0.623. The van der Waals surface area contributed by atoms with Crippen LogP contribution in [0.3, 0.4) is 0 Å². The molecule has 0 aliphatic carbocycles. The van der Waals surface area contributed by atoms with Crippen molar-refractivity contribution >= 4 is 15.9 Å². The van der Waals surface area contributed by atoms with Crippen LogP contribution in [-0.2, 0) is 9.84 Å². The molecule has 1 aliphatic heterocycles. The number of rotatable bonds is 5. The van der Waals surface area contributed by atoms with Gasteiger partial charge in [-0.15, -0.1) is 0 Å². The van der Waals surface area contributed by atoms with Crippen LogP contribution < -0.4 is 5.32 Å². The number of urea groups is 1. The van der Waals surface area contributed by atoms with Crippen LogP contribution in [0.2, 0.25) is 0 Å². The maximum Gasteiger partial charge on any atom is 0.317 e. The number of halogens is 1. The first kappa shape index (κ1) is 16.7. The molecule has 0 saturated carbocycles. The van der Waals surface area contributed by atoms with Gasteiger partial charge in [-0.05, 0) is 30.7 Å². The zero-order valence-corrected chi connectivity index (χ0v) is 12.9. The van der Waals surface area contributed by atoms with E-state index in [1.54, 1.807) is 4.90 Å². The number of benzene rings is 1. The summed E-state index contributed by atoms with van der Waals surface area (Å²) in [6, 6.07) is 4.26. The van der Waals surface area contributed by atoms with Crippen molar-refractivity contribution in [2.75, 3.05) is 32.0 Å². The minimum Gasteiger partial charge on any atom is -0.396 e. The summed E-state index contributed by atoms with van der Waals surface area (Å²) in [7, 11) is -3.55. The lowest BCUT2D eigenvalue weighted by Gasteiger charge is -2.17. The van der Waals surface area contributed by atoms with Gasteiger partial charge < -0.3 is 15.3 Å². The van der Waals surface area contributed by atoms with Crippen molar-refractivity contribution in [2.24, 2.45) is 5.92 Å². The molecular formula is C14H19FN2O4S. The van der Waals surface area contributed by atoms with Crippen LogP contribution in [0.4, 0.5) is 9.18 Å². The van der Waals surface area contributed by atoms with Crippen LogP contribution >= 0.6 is 0 Å². The van der Waals surface area contributed by atoms with E-state index in [0.29, 0.717) is 13.1 Å². The van der Waals surface area contributed by atoms with E-state index in [0.717, 1.165) is 18.6 Å². The van der Waals surface area contributed by atoms with Gasteiger partial charge in [0.2, 0.25) is 0 Å². The van der Waals surface area contributed by atoms with Crippen LogP contribution in [0.25, 0.3) is 0 Å². The number of likely N-dealkylation sites (tertiary alicyclic amines) is 1. The van der Waals surface area contributed by atoms with E-state index in [1.165, 1.54) is 12.1 Å². The Hall–Kier alpha value is -1.67. The van der Waals surface area contributed by atoms with E-state index in [9.17, 15) is 17.6 Å². The first-order valence-corrected chi connectivity index (χ1v) is 8.69. The van der Waals surface area contributed by atoms with Crippen LogP contribution in [0, 0.1) is 11.7 Å². The summed E-state index contributed by atoms with van der Waals surface area (Å²) in [4.78, 5) is 13.5. The second-order valence-corrected chi connectivity index (χ2v) is 7.40. The van der Waals surface area contributed by atoms with Crippen molar-refractivity contribution in [3.05, 3.63) is 30.1 Å². The number of aliphatic hydroxyl groups is 1. The molecule has 122 valence electrons. The number of hydrogen-bond donors (Lipinski definition) is 2. The molecule has 0 radical (unpaired) electrons. The molecule has 0 unspecified atom stereocenters. The van der Waals surface area contributed by atoms with Crippen molar-refractivity contribution in [2.45, 2.75) is 11.3 Å². The molecule has 1 fully saturated rings. The largest absolute Gasteiger partial charge is 0.396 e. The Morgan fingerprint density at radius 2 is 2.05 bits per heavy atom. The van der Waals surface area contributed by atoms with E-state index >= 15 is 0 Å². The molecule has 1 atom stereocenters. The highest BCUT2D eigenvalue weighted by Gasteiger charge is 2.25. The summed E-state index contributed by atoms with van der Waals surface area (Å²) in [6.07, 6.45) is 0.748. The average molecular weight is 330 g/mol. The molecule has 2 amide bonds. The molecule has 1 aromatic carbocycles. The molecule has 1 aromatic rings. The van der Waals surface area contributed by atoms with Gasteiger partial charge in [-0.1, -0.05) is 0 Å². The van der Waals surface area contributed by atoms with E-state index in [-0.39, 0.29) is 35.7 Å². The Morgan fingerprint density at radius 3 is 2.64 bits per heavy atom. The van der Waals surface area contributed by atoms with Crippen LogP contribution in [0.1, 0.15) is 6.42 Å². The first-order valence-electron chi connectivity index (χ1n) is 7.04. The second kappa shape index (κ2) is 7.06. The Bertz CT molecular complexity index is 618. The summed E-state index contributed by atoms with van der Waals surface area (Å²) >= 11 is 0. The third-order valence-corrected chi connectivity index (χ3v) is 5.38. The molecule has 0 aromatic heterocycles. The highest BCUT2D eigenvalue weighted by Crippen LogP contribution is 2.15. The summed E-state index contributed by atoms with van der Waals surface area (Å²) in [6.45, 7) is 1.07. The van der Waals surface area contributed by atoms with Crippen LogP contribution in [0.15, 0.2) is 29.2 Å². The third-order valence-electron chi connectivity index (χ3n) is 3.65. The Balaban J connectivity index is 1.83. The molecule has 1 saturated heterocycles. The van der Waals surface area contributed by atoms with Gasteiger partial charge in [-0.2, -0.15) is 0 Å². The zero-order chi connectivity index (χ0) is 16.2. The maximum atomic E-state index is 12.8.